The van der Waals surface area contributed by atoms with Gasteiger partial charge in [0, 0.05) is 19.3 Å². The van der Waals surface area contributed by atoms with Crippen molar-refractivity contribution in [3.05, 3.63) is 54.1 Å². The van der Waals surface area contributed by atoms with Crippen molar-refractivity contribution in [2.75, 3.05) is 32.5 Å². The molecule has 2 aromatic rings. The summed E-state index contributed by atoms with van der Waals surface area (Å²) in [5.74, 6) is 0.709. The lowest BCUT2D eigenvalue weighted by Gasteiger charge is -2.12. The van der Waals surface area contributed by atoms with Crippen LogP contribution < -0.4 is 5.32 Å². The molecule has 0 aromatic heterocycles. The van der Waals surface area contributed by atoms with E-state index in [0.29, 0.717) is 5.92 Å². The maximum absolute atomic E-state index is 3.15. The summed E-state index contributed by atoms with van der Waals surface area (Å²) in [6, 6.07) is 17.7. The predicted octanol–water partition coefficient (Wildman–Crippen LogP) is 3.81. The zero-order chi connectivity index (χ0) is 13.9. The van der Waals surface area contributed by atoms with Crippen molar-refractivity contribution in [2.24, 2.45) is 0 Å². The van der Waals surface area contributed by atoms with Crippen LogP contribution in [0.3, 0.4) is 0 Å². The average Bonchev–Trinajstić information content (AvgIpc) is 2.94. The number of nitrogens with zero attached hydrogens (tertiary/aromatic N) is 1. The van der Waals surface area contributed by atoms with Crippen molar-refractivity contribution >= 4 is 5.69 Å². The minimum Gasteiger partial charge on any atom is -0.388 e. The van der Waals surface area contributed by atoms with Gasteiger partial charge in [-0.05, 0) is 54.8 Å². The van der Waals surface area contributed by atoms with Gasteiger partial charge in [-0.1, -0.05) is 36.4 Å². The number of anilines is 1. The Labute approximate surface area is 121 Å². The van der Waals surface area contributed by atoms with Crippen molar-refractivity contribution in [2.45, 2.75) is 12.3 Å². The normalized spacial score (nSPS) is 19.2. The first kappa shape index (κ1) is 13.2. The maximum atomic E-state index is 3.15. The summed E-state index contributed by atoms with van der Waals surface area (Å²) in [6.45, 7) is 2.41. The lowest BCUT2D eigenvalue weighted by molar-refractivity contribution is 0.411. The third-order valence-corrected chi connectivity index (χ3v) is 4.28. The summed E-state index contributed by atoms with van der Waals surface area (Å²) >= 11 is 0. The molecule has 20 heavy (non-hydrogen) atoms. The summed E-state index contributed by atoms with van der Waals surface area (Å²) in [4.78, 5) is 2.41. The number of likely N-dealkylation sites (N-methyl/N-ethyl adjacent to an activating group) is 1. The van der Waals surface area contributed by atoms with E-state index in [-0.39, 0.29) is 0 Å². The first-order valence-electron chi connectivity index (χ1n) is 7.33. The third-order valence-electron chi connectivity index (χ3n) is 4.28. The van der Waals surface area contributed by atoms with Gasteiger partial charge in [-0.25, -0.2) is 0 Å². The molecule has 2 heteroatoms. The standard InChI is InChI=1S/C18H22N2/c1-19-18-9-7-15(8-10-18)14-3-5-16(6-4-14)17-11-12-20(2)13-17/h3-10,17,19H,11-13H2,1-2H3. The summed E-state index contributed by atoms with van der Waals surface area (Å²) in [6.07, 6.45) is 1.28. The molecular formula is C18H22N2. The van der Waals surface area contributed by atoms with E-state index in [2.05, 4.69) is 65.8 Å². The van der Waals surface area contributed by atoms with Gasteiger partial charge in [0.2, 0.25) is 0 Å². The van der Waals surface area contributed by atoms with Crippen molar-refractivity contribution in [3.63, 3.8) is 0 Å². The summed E-state index contributed by atoms with van der Waals surface area (Å²) in [7, 11) is 4.15. The fourth-order valence-electron chi connectivity index (χ4n) is 2.98. The Kier molecular flexibility index (Phi) is 3.75. The topological polar surface area (TPSA) is 15.3 Å². The van der Waals surface area contributed by atoms with Crippen molar-refractivity contribution in [3.8, 4) is 11.1 Å². The van der Waals surface area contributed by atoms with E-state index in [1.165, 1.54) is 36.2 Å². The Balaban J connectivity index is 1.78. The number of nitrogens with one attached hydrogen (secondary N) is 1. The quantitative estimate of drug-likeness (QED) is 0.908. The Bertz CT molecular complexity index is 557. The van der Waals surface area contributed by atoms with Crippen LogP contribution in [0.1, 0.15) is 17.9 Å². The molecule has 1 aliphatic rings. The van der Waals surface area contributed by atoms with Crippen LogP contribution >= 0.6 is 0 Å². The summed E-state index contributed by atoms with van der Waals surface area (Å²) < 4.78 is 0. The lowest BCUT2D eigenvalue weighted by Crippen LogP contribution is -2.13. The van der Waals surface area contributed by atoms with Crippen LogP contribution in [-0.2, 0) is 0 Å². The monoisotopic (exact) mass is 266 g/mol. The molecule has 0 amide bonds. The lowest BCUT2D eigenvalue weighted by atomic mass is 9.95. The Morgan fingerprint density at radius 2 is 1.55 bits per heavy atom. The number of benzene rings is 2. The van der Waals surface area contributed by atoms with Crippen LogP contribution in [0.2, 0.25) is 0 Å². The van der Waals surface area contributed by atoms with E-state index in [4.69, 9.17) is 0 Å². The van der Waals surface area contributed by atoms with Crippen molar-refractivity contribution in [1.29, 1.82) is 0 Å². The molecule has 1 fully saturated rings. The van der Waals surface area contributed by atoms with Gasteiger partial charge < -0.3 is 10.2 Å². The second kappa shape index (κ2) is 5.68. The third kappa shape index (κ3) is 2.70. The van der Waals surface area contributed by atoms with E-state index < -0.39 is 0 Å². The molecule has 0 aliphatic carbocycles. The van der Waals surface area contributed by atoms with E-state index in [1.807, 2.05) is 7.05 Å². The summed E-state index contributed by atoms with van der Waals surface area (Å²) in [5.41, 5.74) is 5.20. The molecule has 0 radical (unpaired) electrons. The van der Waals surface area contributed by atoms with Gasteiger partial charge in [-0.15, -0.1) is 0 Å². The molecule has 104 valence electrons. The van der Waals surface area contributed by atoms with Crippen LogP contribution in [0.15, 0.2) is 48.5 Å². The highest BCUT2D eigenvalue weighted by atomic mass is 15.1. The number of likely N-dealkylation sites (tertiary alicyclic amines) is 1. The fourth-order valence-corrected chi connectivity index (χ4v) is 2.98. The predicted molar refractivity (Wildman–Crippen MR) is 86.3 cm³/mol. The fraction of sp³-hybridized carbons (Fsp3) is 0.333. The highest BCUT2D eigenvalue weighted by Crippen LogP contribution is 2.28. The minimum atomic E-state index is 0.709. The van der Waals surface area contributed by atoms with Gasteiger partial charge in [0.15, 0.2) is 0 Å². The second-order valence-electron chi connectivity index (χ2n) is 5.70. The molecule has 1 aliphatic heterocycles. The minimum absolute atomic E-state index is 0.709. The van der Waals surface area contributed by atoms with Gasteiger partial charge >= 0.3 is 0 Å². The van der Waals surface area contributed by atoms with Crippen LogP contribution in [0.4, 0.5) is 5.69 Å². The largest absolute Gasteiger partial charge is 0.388 e. The molecule has 1 saturated heterocycles. The molecule has 1 N–H and O–H groups in total. The van der Waals surface area contributed by atoms with E-state index >= 15 is 0 Å². The second-order valence-corrected chi connectivity index (χ2v) is 5.70. The zero-order valence-corrected chi connectivity index (χ0v) is 12.3. The molecular weight excluding hydrogens is 244 g/mol. The molecule has 3 rings (SSSR count). The number of hydrogen-bond acceptors (Lipinski definition) is 2. The first-order valence-corrected chi connectivity index (χ1v) is 7.33. The Hall–Kier alpha value is -1.80. The van der Waals surface area contributed by atoms with Crippen molar-refractivity contribution < 1.29 is 0 Å². The van der Waals surface area contributed by atoms with Gasteiger partial charge in [0.25, 0.3) is 0 Å². The van der Waals surface area contributed by atoms with E-state index in [0.717, 1.165) is 5.69 Å². The van der Waals surface area contributed by atoms with Crippen molar-refractivity contribution in [1.82, 2.24) is 4.90 Å². The molecule has 0 bridgehead atoms. The number of rotatable bonds is 3. The van der Waals surface area contributed by atoms with Crippen LogP contribution in [0, 0.1) is 0 Å². The summed E-state index contributed by atoms with van der Waals surface area (Å²) in [5, 5.41) is 3.15. The van der Waals surface area contributed by atoms with Gasteiger partial charge in [-0.2, -0.15) is 0 Å². The van der Waals surface area contributed by atoms with E-state index in [1.54, 1.807) is 0 Å². The highest BCUT2D eigenvalue weighted by molar-refractivity contribution is 5.66. The van der Waals surface area contributed by atoms with Gasteiger partial charge in [0.1, 0.15) is 0 Å². The van der Waals surface area contributed by atoms with Gasteiger partial charge in [0.05, 0.1) is 0 Å². The Morgan fingerprint density at radius 3 is 2.05 bits per heavy atom. The molecule has 1 heterocycles. The van der Waals surface area contributed by atoms with Crippen LogP contribution in [0.5, 0.6) is 0 Å². The van der Waals surface area contributed by atoms with Crippen LogP contribution in [0.25, 0.3) is 11.1 Å². The molecule has 1 atom stereocenters. The molecule has 0 saturated carbocycles. The molecule has 2 nitrogen and oxygen atoms in total. The van der Waals surface area contributed by atoms with Crippen LogP contribution in [-0.4, -0.2) is 32.1 Å². The average molecular weight is 266 g/mol. The molecule has 2 aromatic carbocycles. The van der Waals surface area contributed by atoms with E-state index in [9.17, 15) is 0 Å². The molecule has 0 spiro atoms. The Morgan fingerprint density at radius 1 is 0.950 bits per heavy atom. The highest BCUT2D eigenvalue weighted by Gasteiger charge is 2.20. The SMILES string of the molecule is CNc1ccc(-c2ccc(C3CCN(C)C3)cc2)cc1. The molecule has 1 unspecified atom stereocenters. The maximum Gasteiger partial charge on any atom is 0.0337 e. The zero-order valence-electron chi connectivity index (χ0n) is 12.3. The number of hydrogen-bond donors (Lipinski definition) is 1. The van der Waals surface area contributed by atoms with Gasteiger partial charge in [-0.3, -0.25) is 0 Å². The first-order chi connectivity index (χ1) is 9.76. The smallest absolute Gasteiger partial charge is 0.0337 e.